The predicted octanol–water partition coefficient (Wildman–Crippen LogP) is 2.81. The minimum atomic E-state index is 0.728. The van der Waals surface area contributed by atoms with E-state index in [1.807, 2.05) is 23.0 Å². The van der Waals surface area contributed by atoms with Crippen molar-refractivity contribution >= 4 is 0 Å². The van der Waals surface area contributed by atoms with E-state index in [9.17, 15) is 0 Å². The number of nitrogens with zero attached hydrogens (tertiary/aromatic N) is 3. The highest BCUT2D eigenvalue weighted by molar-refractivity contribution is 5.38. The normalized spacial score (nSPS) is 16.4. The van der Waals surface area contributed by atoms with Crippen LogP contribution in [-0.4, -0.2) is 42.0 Å². The molecule has 0 radical (unpaired) electrons. The molecule has 0 bridgehead atoms. The number of hydrogen-bond donors (Lipinski definition) is 0. The lowest BCUT2D eigenvalue weighted by Gasteiger charge is -2.32. The van der Waals surface area contributed by atoms with Gasteiger partial charge in [-0.1, -0.05) is 0 Å². The Hall–Kier alpha value is -2.01. The highest BCUT2D eigenvalue weighted by Gasteiger charge is 2.20. The lowest BCUT2D eigenvalue weighted by Crippen LogP contribution is -2.34. The van der Waals surface area contributed by atoms with Crippen molar-refractivity contribution in [2.45, 2.75) is 25.9 Å². The molecule has 0 aliphatic carbocycles. The molecule has 1 saturated heterocycles. The number of rotatable bonds is 6. The molecule has 23 heavy (non-hydrogen) atoms. The highest BCUT2D eigenvalue weighted by Crippen LogP contribution is 2.25. The monoisotopic (exact) mass is 315 g/mol. The van der Waals surface area contributed by atoms with Crippen LogP contribution in [0.15, 0.2) is 36.7 Å². The van der Waals surface area contributed by atoms with Gasteiger partial charge in [0.1, 0.15) is 11.5 Å². The van der Waals surface area contributed by atoms with Gasteiger partial charge in [-0.05, 0) is 55.6 Å². The number of ether oxygens (including phenoxy) is 2. The molecule has 1 aliphatic heterocycles. The smallest absolute Gasteiger partial charge is 0.122 e. The van der Waals surface area contributed by atoms with E-state index >= 15 is 0 Å². The van der Waals surface area contributed by atoms with E-state index in [0.29, 0.717) is 0 Å². The van der Waals surface area contributed by atoms with Gasteiger partial charge in [0.2, 0.25) is 0 Å². The Bertz CT molecular complexity index is 582. The summed E-state index contributed by atoms with van der Waals surface area (Å²) in [4.78, 5) is 2.51. The summed E-state index contributed by atoms with van der Waals surface area (Å²) in [6.07, 6.45) is 6.35. The number of hydrogen-bond acceptors (Lipinski definition) is 4. The summed E-state index contributed by atoms with van der Waals surface area (Å²) in [6, 6.07) is 8.10. The van der Waals surface area contributed by atoms with Crippen LogP contribution in [0.1, 0.15) is 18.4 Å². The Labute approximate surface area is 137 Å². The molecule has 0 amide bonds. The summed E-state index contributed by atoms with van der Waals surface area (Å²) in [5, 5.41) is 4.31. The third kappa shape index (κ3) is 4.26. The van der Waals surface area contributed by atoms with E-state index in [4.69, 9.17) is 9.47 Å². The van der Waals surface area contributed by atoms with Crippen LogP contribution in [0.5, 0.6) is 11.5 Å². The zero-order valence-corrected chi connectivity index (χ0v) is 13.9. The maximum absolute atomic E-state index is 5.35. The van der Waals surface area contributed by atoms with E-state index in [2.05, 4.69) is 28.3 Å². The van der Waals surface area contributed by atoms with E-state index in [-0.39, 0.29) is 0 Å². The summed E-state index contributed by atoms with van der Waals surface area (Å²) in [6.45, 7) is 4.24. The lowest BCUT2D eigenvalue weighted by atomic mass is 9.96. The van der Waals surface area contributed by atoms with Gasteiger partial charge in [0.25, 0.3) is 0 Å². The Morgan fingerprint density at radius 3 is 2.35 bits per heavy atom. The molecule has 1 aliphatic rings. The van der Waals surface area contributed by atoms with Crippen molar-refractivity contribution in [3.8, 4) is 11.5 Å². The van der Waals surface area contributed by atoms with Gasteiger partial charge >= 0.3 is 0 Å². The molecule has 5 nitrogen and oxygen atoms in total. The zero-order valence-electron chi connectivity index (χ0n) is 13.9. The molecule has 1 aromatic carbocycles. The first-order chi connectivity index (χ1) is 11.3. The summed E-state index contributed by atoms with van der Waals surface area (Å²) in [5.41, 5.74) is 1.24. The van der Waals surface area contributed by atoms with Crippen LogP contribution in [-0.2, 0) is 13.1 Å². The van der Waals surface area contributed by atoms with Gasteiger partial charge in [-0.3, -0.25) is 9.58 Å². The molecule has 2 heterocycles. The second-order valence-corrected chi connectivity index (χ2v) is 6.17. The van der Waals surface area contributed by atoms with Gasteiger partial charge in [0.15, 0.2) is 0 Å². The highest BCUT2D eigenvalue weighted by atomic mass is 16.5. The lowest BCUT2D eigenvalue weighted by molar-refractivity contribution is 0.164. The topological polar surface area (TPSA) is 39.5 Å². The van der Waals surface area contributed by atoms with Gasteiger partial charge in [-0.2, -0.15) is 5.10 Å². The van der Waals surface area contributed by atoms with Crippen molar-refractivity contribution in [1.29, 1.82) is 0 Å². The third-order valence-corrected chi connectivity index (χ3v) is 4.53. The molecule has 2 aromatic rings. The van der Waals surface area contributed by atoms with Gasteiger partial charge in [0, 0.05) is 31.5 Å². The SMILES string of the molecule is COc1cc(CN2CCC(Cn3cccn3)CC2)cc(OC)c1. The minimum absolute atomic E-state index is 0.728. The molecular weight excluding hydrogens is 290 g/mol. The molecule has 0 saturated carbocycles. The predicted molar refractivity (Wildman–Crippen MR) is 89.8 cm³/mol. The summed E-state index contributed by atoms with van der Waals surface area (Å²) < 4.78 is 12.8. The molecular formula is C18H25N3O2. The summed E-state index contributed by atoms with van der Waals surface area (Å²) in [5.74, 6) is 2.44. The average molecular weight is 315 g/mol. The molecule has 1 fully saturated rings. The first-order valence-electron chi connectivity index (χ1n) is 8.18. The molecule has 0 unspecified atom stereocenters. The van der Waals surface area contributed by atoms with Gasteiger partial charge in [-0.15, -0.1) is 0 Å². The number of methoxy groups -OCH3 is 2. The Kier molecular flexibility index (Phi) is 5.18. The second kappa shape index (κ2) is 7.51. The van der Waals surface area contributed by atoms with Gasteiger partial charge in [0.05, 0.1) is 14.2 Å². The number of likely N-dealkylation sites (tertiary alicyclic amines) is 1. The number of piperidine rings is 1. The minimum Gasteiger partial charge on any atom is -0.497 e. The molecule has 0 spiro atoms. The average Bonchev–Trinajstić information content (AvgIpc) is 3.09. The molecule has 0 N–H and O–H groups in total. The van der Waals surface area contributed by atoms with Crippen LogP contribution >= 0.6 is 0 Å². The molecule has 5 heteroatoms. The molecule has 0 atom stereocenters. The summed E-state index contributed by atoms with van der Waals surface area (Å²) in [7, 11) is 3.39. The Morgan fingerprint density at radius 2 is 1.78 bits per heavy atom. The van der Waals surface area contributed by atoms with Crippen molar-refractivity contribution in [3.63, 3.8) is 0 Å². The maximum Gasteiger partial charge on any atom is 0.122 e. The molecule has 124 valence electrons. The van der Waals surface area contributed by atoms with E-state index < -0.39 is 0 Å². The van der Waals surface area contributed by atoms with Crippen LogP contribution in [0.3, 0.4) is 0 Å². The van der Waals surface area contributed by atoms with Crippen LogP contribution in [0.2, 0.25) is 0 Å². The standard InChI is InChI=1S/C18H25N3O2/c1-22-17-10-16(11-18(12-17)23-2)13-20-8-4-15(5-9-20)14-21-7-3-6-19-21/h3,6-7,10-12,15H,4-5,8-9,13-14H2,1-2H3. The van der Waals surface area contributed by atoms with E-state index in [1.54, 1.807) is 14.2 Å². The first kappa shape index (κ1) is 15.9. The second-order valence-electron chi connectivity index (χ2n) is 6.17. The fourth-order valence-electron chi connectivity index (χ4n) is 3.22. The quantitative estimate of drug-likeness (QED) is 0.822. The fourth-order valence-corrected chi connectivity index (χ4v) is 3.22. The van der Waals surface area contributed by atoms with Crippen LogP contribution in [0.4, 0.5) is 0 Å². The van der Waals surface area contributed by atoms with Gasteiger partial charge < -0.3 is 9.47 Å². The van der Waals surface area contributed by atoms with E-state index in [0.717, 1.165) is 43.6 Å². The van der Waals surface area contributed by atoms with Crippen molar-refractivity contribution in [2.75, 3.05) is 27.3 Å². The fraction of sp³-hybridized carbons (Fsp3) is 0.500. The number of aromatic nitrogens is 2. The Morgan fingerprint density at radius 1 is 1.09 bits per heavy atom. The number of benzene rings is 1. The van der Waals surface area contributed by atoms with Crippen molar-refractivity contribution in [1.82, 2.24) is 14.7 Å². The van der Waals surface area contributed by atoms with Crippen molar-refractivity contribution in [2.24, 2.45) is 5.92 Å². The van der Waals surface area contributed by atoms with Crippen molar-refractivity contribution in [3.05, 3.63) is 42.2 Å². The van der Waals surface area contributed by atoms with Crippen LogP contribution in [0, 0.1) is 5.92 Å². The van der Waals surface area contributed by atoms with Crippen LogP contribution < -0.4 is 9.47 Å². The summed E-state index contributed by atoms with van der Waals surface area (Å²) >= 11 is 0. The van der Waals surface area contributed by atoms with E-state index in [1.165, 1.54) is 18.4 Å². The third-order valence-electron chi connectivity index (χ3n) is 4.53. The molecule has 3 rings (SSSR count). The maximum atomic E-state index is 5.35. The Balaban J connectivity index is 1.54. The van der Waals surface area contributed by atoms with Gasteiger partial charge in [-0.25, -0.2) is 0 Å². The van der Waals surface area contributed by atoms with Crippen molar-refractivity contribution < 1.29 is 9.47 Å². The molecule has 1 aromatic heterocycles. The largest absolute Gasteiger partial charge is 0.497 e. The van der Waals surface area contributed by atoms with Crippen LogP contribution in [0.25, 0.3) is 0 Å². The zero-order chi connectivity index (χ0) is 16.1. The first-order valence-corrected chi connectivity index (χ1v) is 8.18.